The standard InChI is InChI=1S/C12H9F3N2/c1-2-17-7-8(6-16)10-5-9(12(13,14)15)3-4-11(10)17/h3-5,7H,2H2,1H3. The van der Waals surface area contributed by atoms with Gasteiger partial charge < -0.3 is 4.57 Å². The summed E-state index contributed by atoms with van der Waals surface area (Å²) in [6.45, 7) is 2.49. The Balaban J connectivity index is 2.73. The predicted octanol–water partition coefficient (Wildman–Crippen LogP) is 3.55. The molecule has 0 atom stereocenters. The van der Waals surface area contributed by atoms with Gasteiger partial charge in [-0.1, -0.05) is 0 Å². The molecule has 1 aromatic carbocycles. The summed E-state index contributed by atoms with van der Waals surface area (Å²) >= 11 is 0. The zero-order valence-corrected chi connectivity index (χ0v) is 9.04. The minimum absolute atomic E-state index is 0.271. The van der Waals surface area contributed by atoms with Crippen molar-refractivity contribution in [3.05, 3.63) is 35.5 Å². The van der Waals surface area contributed by atoms with E-state index in [1.807, 2.05) is 13.0 Å². The Labute approximate surface area is 95.9 Å². The van der Waals surface area contributed by atoms with Crippen molar-refractivity contribution in [2.75, 3.05) is 0 Å². The highest BCUT2D eigenvalue weighted by molar-refractivity contribution is 5.87. The monoisotopic (exact) mass is 238 g/mol. The lowest BCUT2D eigenvalue weighted by Crippen LogP contribution is -2.04. The van der Waals surface area contributed by atoms with E-state index < -0.39 is 11.7 Å². The van der Waals surface area contributed by atoms with E-state index in [0.29, 0.717) is 17.4 Å². The van der Waals surface area contributed by atoms with E-state index in [0.717, 1.165) is 12.1 Å². The zero-order chi connectivity index (χ0) is 12.6. The van der Waals surface area contributed by atoms with Crippen LogP contribution in [0.25, 0.3) is 10.9 Å². The Bertz CT molecular complexity index is 602. The molecule has 1 heterocycles. The van der Waals surface area contributed by atoms with Gasteiger partial charge in [0.2, 0.25) is 0 Å². The van der Waals surface area contributed by atoms with E-state index in [1.54, 1.807) is 10.8 Å². The van der Waals surface area contributed by atoms with Gasteiger partial charge in [0.25, 0.3) is 0 Å². The van der Waals surface area contributed by atoms with Gasteiger partial charge in [0.1, 0.15) is 6.07 Å². The SMILES string of the molecule is CCn1cc(C#N)c2cc(C(F)(F)F)ccc21. The summed E-state index contributed by atoms with van der Waals surface area (Å²) in [6, 6.07) is 5.39. The first-order valence-electron chi connectivity index (χ1n) is 5.07. The fourth-order valence-electron chi connectivity index (χ4n) is 1.82. The van der Waals surface area contributed by atoms with E-state index in [4.69, 9.17) is 5.26 Å². The number of fused-ring (bicyclic) bond motifs is 1. The Morgan fingerprint density at radius 1 is 1.35 bits per heavy atom. The average Bonchev–Trinajstić information content (AvgIpc) is 2.64. The van der Waals surface area contributed by atoms with E-state index in [2.05, 4.69) is 0 Å². The van der Waals surface area contributed by atoms with Crippen LogP contribution in [0.1, 0.15) is 18.1 Å². The third-order valence-corrected chi connectivity index (χ3v) is 2.67. The van der Waals surface area contributed by atoms with Gasteiger partial charge >= 0.3 is 6.18 Å². The van der Waals surface area contributed by atoms with Crippen molar-refractivity contribution in [3.8, 4) is 6.07 Å². The molecule has 0 aliphatic heterocycles. The predicted molar refractivity (Wildman–Crippen MR) is 57.3 cm³/mol. The van der Waals surface area contributed by atoms with Crippen molar-refractivity contribution in [2.45, 2.75) is 19.6 Å². The van der Waals surface area contributed by atoms with Crippen LogP contribution in [-0.2, 0) is 12.7 Å². The van der Waals surface area contributed by atoms with Crippen LogP contribution >= 0.6 is 0 Å². The fourth-order valence-corrected chi connectivity index (χ4v) is 1.82. The van der Waals surface area contributed by atoms with Crippen LogP contribution in [0.4, 0.5) is 13.2 Å². The molecule has 2 rings (SSSR count). The van der Waals surface area contributed by atoms with Gasteiger partial charge in [-0.15, -0.1) is 0 Å². The maximum absolute atomic E-state index is 12.6. The topological polar surface area (TPSA) is 28.7 Å². The molecule has 0 aliphatic carbocycles. The summed E-state index contributed by atoms with van der Waals surface area (Å²) in [5.74, 6) is 0. The smallest absolute Gasteiger partial charge is 0.346 e. The van der Waals surface area contributed by atoms with Gasteiger partial charge in [-0.3, -0.25) is 0 Å². The van der Waals surface area contributed by atoms with Crippen LogP contribution in [0.2, 0.25) is 0 Å². The normalized spacial score (nSPS) is 11.7. The molecule has 1 aromatic heterocycles. The van der Waals surface area contributed by atoms with Crippen LogP contribution in [0, 0.1) is 11.3 Å². The molecular weight excluding hydrogens is 229 g/mol. The maximum Gasteiger partial charge on any atom is 0.416 e. The number of rotatable bonds is 1. The summed E-state index contributed by atoms with van der Waals surface area (Å²) in [4.78, 5) is 0. The lowest BCUT2D eigenvalue weighted by molar-refractivity contribution is -0.137. The molecule has 0 saturated heterocycles. The third kappa shape index (κ3) is 1.86. The van der Waals surface area contributed by atoms with E-state index in [9.17, 15) is 13.2 Å². The van der Waals surface area contributed by atoms with Crippen molar-refractivity contribution >= 4 is 10.9 Å². The molecule has 88 valence electrons. The van der Waals surface area contributed by atoms with Gasteiger partial charge in [-0.05, 0) is 25.1 Å². The first-order chi connectivity index (χ1) is 7.97. The van der Waals surface area contributed by atoms with Crippen molar-refractivity contribution < 1.29 is 13.2 Å². The van der Waals surface area contributed by atoms with Crippen LogP contribution in [0.5, 0.6) is 0 Å². The Hall–Kier alpha value is -1.96. The largest absolute Gasteiger partial charge is 0.416 e. The molecule has 0 aliphatic rings. The molecule has 2 nitrogen and oxygen atoms in total. The van der Waals surface area contributed by atoms with Gasteiger partial charge in [0, 0.05) is 23.6 Å². The highest BCUT2D eigenvalue weighted by Gasteiger charge is 2.30. The molecule has 0 spiro atoms. The van der Waals surface area contributed by atoms with Gasteiger partial charge in [-0.25, -0.2) is 0 Å². The second kappa shape index (κ2) is 3.81. The molecule has 0 N–H and O–H groups in total. The molecule has 0 amide bonds. The number of hydrogen-bond acceptors (Lipinski definition) is 1. The first kappa shape index (κ1) is 11.5. The van der Waals surface area contributed by atoms with Gasteiger partial charge in [-0.2, -0.15) is 18.4 Å². The summed E-state index contributed by atoms with van der Waals surface area (Å²) in [6.07, 6.45) is -2.81. The number of benzene rings is 1. The van der Waals surface area contributed by atoms with Crippen LogP contribution < -0.4 is 0 Å². The summed E-state index contributed by atoms with van der Waals surface area (Å²) < 4.78 is 39.4. The van der Waals surface area contributed by atoms with Gasteiger partial charge in [0.05, 0.1) is 11.1 Å². The number of alkyl halides is 3. The minimum atomic E-state index is -4.38. The molecular formula is C12H9F3N2. The van der Waals surface area contributed by atoms with Crippen LogP contribution in [0.15, 0.2) is 24.4 Å². The number of hydrogen-bond donors (Lipinski definition) is 0. The van der Waals surface area contributed by atoms with Crippen molar-refractivity contribution in [3.63, 3.8) is 0 Å². The molecule has 2 aromatic rings. The summed E-state index contributed by atoms with van der Waals surface area (Å²) in [7, 11) is 0. The number of nitrogens with zero attached hydrogens (tertiary/aromatic N) is 2. The van der Waals surface area contributed by atoms with Crippen molar-refractivity contribution in [2.24, 2.45) is 0 Å². The Morgan fingerprint density at radius 2 is 2.06 bits per heavy atom. The molecule has 0 unspecified atom stereocenters. The average molecular weight is 238 g/mol. The molecule has 0 fully saturated rings. The number of halogens is 3. The lowest BCUT2D eigenvalue weighted by atomic mass is 10.1. The number of aromatic nitrogens is 1. The molecule has 0 radical (unpaired) electrons. The van der Waals surface area contributed by atoms with Gasteiger partial charge in [0.15, 0.2) is 0 Å². The summed E-state index contributed by atoms with van der Waals surface area (Å²) in [5.41, 5.74) is 0.195. The molecule has 17 heavy (non-hydrogen) atoms. The molecule has 0 saturated carbocycles. The van der Waals surface area contributed by atoms with E-state index >= 15 is 0 Å². The maximum atomic E-state index is 12.6. The molecule has 0 bridgehead atoms. The fraction of sp³-hybridized carbons (Fsp3) is 0.250. The lowest BCUT2D eigenvalue weighted by Gasteiger charge is -2.07. The minimum Gasteiger partial charge on any atom is -0.346 e. The zero-order valence-electron chi connectivity index (χ0n) is 9.04. The van der Waals surface area contributed by atoms with Crippen molar-refractivity contribution in [1.82, 2.24) is 4.57 Å². The second-order valence-electron chi connectivity index (χ2n) is 3.67. The number of aryl methyl sites for hydroxylation is 1. The van der Waals surface area contributed by atoms with Crippen LogP contribution in [-0.4, -0.2) is 4.57 Å². The third-order valence-electron chi connectivity index (χ3n) is 2.67. The number of nitriles is 1. The van der Waals surface area contributed by atoms with E-state index in [-0.39, 0.29) is 5.56 Å². The first-order valence-corrected chi connectivity index (χ1v) is 5.07. The quantitative estimate of drug-likeness (QED) is 0.746. The highest BCUT2D eigenvalue weighted by Crippen LogP contribution is 2.32. The summed E-state index contributed by atoms with van der Waals surface area (Å²) in [5, 5.41) is 9.24. The second-order valence-corrected chi connectivity index (χ2v) is 3.67. The Kier molecular flexibility index (Phi) is 2.58. The van der Waals surface area contributed by atoms with Crippen molar-refractivity contribution in [1.29, 1.82) is 5.26 Å². The van der Waals surface area contributed by atoms with E-state index in [1.165, 1.54) is 6.07 Å². The highest BCUT2D eigenvalue weighted by atomic mass is 19.4. The Morgan fingerprint density at radius 3 is 2.59 bits per heavy atom. The molecule has 5 heteroatoms. The van der Waals surface area contributed by atoms with Crippen LogP contribution in [0.3, 0.4) is 0 Å².